The molecule has 1 amide bonds. The van der Waals surface area contributed by atoms with E-state index in [1.54, 1.807) is 27.5 Å². The average molecular weight is 424 g/mol. The van der Waals surface area contributed by atoms with E-state index in [0.717, 1.165) is 29.1 Å². The number of carbonyl (C=O) groups excluding carboxylic acids is 1. The van der Waals surface area contributed by atoms with Crippen LogP contribution < -0.4 is 19.5 Å². The highest BCUT2D eigenvalue weighted by Crippen LogP contribution is 2.40. The van der Waals surface area contributed by atoms with Crippen LogP contribution in [0.2, 0.25) is 0 Å². The van der Waals surface area contributed by atoms with Gasteiger partial charge in [-0.05, 0) is 30.0 Å². The molecule has 0 aliphatic carbocycles. The zero-order chi connectivity index (χ0) is 22.2. The molecule has 3 rings (SSSR count). The Morgan fingerprint density at radius 2 is 1.77 bits per heavy atom. The van der Waals surface area contributed by atoms with E-state index in [-0.39, 0.29) is 11.9 Å². The van der Waals surface area contributed by atoms with Gasteiger partial charge >= 0.3 is 0 Å². The molecule has 0 aliphatic rings. The molecular weight excluding hydrogens is 394 g/mol. The summed E-state index contributed by atoms with van der Waals surface area (Å²) >= 11 is 0. The fraction of sp³-hybridized carbons (Fsp3) is 0.333. The van der Waals surface area contributed by atoms with Crippen molar-refractivity contribution in [2.24, 2.45) is 0 Å². The van der Waals surface area contributed by atoms with Crippen LogP contribution in [-0.2, 0) is 11.2 Å². The van der Waals surface area contributed by atoms with Crippen LogP contribution in [0.1, 0.15) is 37.2 Å². The van der Waals surface area contributed by atoms with Crippen molar-refractivity contribution < 1.29 is 19.0 Å². The van der Waals surface area contributed by atoms with E-state index >= 15 is 0 Å². The molecule has 2 N–H and O–H groups in total. The fourth-order valence-electron chi connectivity index (χ4n) is 3.52. The van der Waals surface area contributed by atoms with E-state index in [0.29, 0.717) is 30.1 Å². The highest BCUT2D eigenvalue weighted by atomic mass is 16.5. The van der Waals surface area contributed by atoms with E-state index < -0.39 is 0 Å². The van der Waals surface area contributed by atoms with E-state index in [9.17, 15) is 4.79 Å². The molecule has 0 spiro atoms. The van der Waals surface area contributed by atoms with Gasteiger partial charge in [0.15, 0.2) is 11.5 Å². The number of benzene rings is 2. The zero-order valence-corrected chi connectivity index (χ0v) is 18.4. The summed E-state index contributed by atoms with van der Waals surface area (Å²) in [6, 6.07) is 13.5. The Morgan fingerprint density at radius 1 is 1.03 bits per heavy atom. The predicted molar refractivity (Wildman–Crippen MR) is 120 cm³/mol. The number of amides is 1. The first-order chi connectivity index (χ1) is 15.1. The first kappa shape index (κ1) is 22.2. The molecule has 31 heavy (non-hydrogen) atoms. The number of methoxy groups -OCH3 is 3. The Morgan fingerprint density at radius 3 is 2.42 bits per heavy atom. The van der Waals surface area contributed by atoms with E-state index in [2.05, 4.69) is 15.3 Å². The lowest BCUT2D eigenvalue weighted by atomic mass is 10.1. The minimum absolute atomic E-state index is 0.0543. The van der Waals surface area contributed by atoms with Gasteiger partial charge in [-0.15, -0.1) is 0 Å². The second-order valence-corrected chi connectivity index (χ2v) is 7.07. The van der Waals surface area contributed by atoms with Crippen molar-refractivity contribution in [2.75, 3.05) is 21.3 Å². The standard InChI is InChI=1S/C24H29N3O4/c1-5-18(24-25-15-19(27-24)16-9-7-6-8-10-16)26-21(28)14-12-17-11-13-20(29-2)23(31-4)22(17)30-3/h6-11,13,15,18H,5,12,14H2,1-4H3,(H,25,27)(H,26,28). The Labute approximate surface area is 182 Å². The second-order valence-electron chi connectivity index (χ2n) is 7.07. The fourth-order valence-corrected chi connectivity index (χ4v) is 3.52. The predicted octanol–water partition coefficient (Wildman–Crippen LogP) is 4.30. The van der Waals surface area contributed by atoms with Crippen LogP contribution in [0.25, 0.3) is 11.3 Å². The van der Waals surface area contributed by atoms with Crippen molar-refractivity contribution in [3.8, 4) is 28.5 Å². The number of ether oxygens (including phenoxy) is 3. The number of hydrogen-bond donors (Lipinski definition) is 2. The zero-order valence-electron chi connectivity index (χ0n) is 18.4. The highest BCUT2D eigenvalue weighted by Gasteiger charge is 2.19. The maximum Gasteiger partial charge on any atom is 0.220 e. The molecule has 1 unspecified atom stereocenters. The number of rotatable bonds is 10. The summed E-state index contributed by atoms with van der Waals surface area (Å²) in [7, 11) is 4.72. The first-order valence-corrected chi connectivity index (χ1v) is 10.3. The van der Waals surface area contributed by atoms with E-state index in [1.807, 2.05) is 49.4 Å². The third-order valence-corrected chi connectivity index (χ3v) is 5.16. The number of nitrogens with zero attached hydrogens (tertiary/aromatic N) is 1. The summed E-state index contributed by atoms with van der Waals surface area (Å²) in [6.45, 7) is 2.02. The normalized spacial score (nSPS) is 11.6. The van der Waals surface area contributed by atoms with Gasteiger partial charge in [-0.2, -0.15) is 0 Å². The Bertz CT molecular complexity index is 1000. The molecule has 1 atom stereocenters. The van der Waals surface area contributed by atoms with E-state index in [1.165, 1.54) is 0 Å². The minimum atomic E-state index is -0.183. The Hall–Kier alpha value is -3.48. The summed E-state index contributed by atoms with van der Waals surface area (Å²) in [6.07, 6.45) is 3.36. The second kappa shape index (κ2) is 10.5. The van der Waals surface area contributed by atoms with Gasteiger partial charge < -0.3 is 24.5 Å². The van der Waals surface area contributed by atoms with Gasteiger partial charge in [0, 0.05) is 6.42 Å². The molecule has 0 bridgehead atoms. The average Bonchev–Trinajstić information content (AvgIpc) is 3.31. The van der Waals surface area contributed by atoms with Crippen LogP contribution in [0.15, 0.2) is 48.7 Å². The summed E-state index contributed by atoms with van der Waals surface area (Å²) < 4.78 is 16.2. The SMILES string of the molecule is CCC(NC(=O)CCc1ccc(OC)c(OC)c1OC)c1ncc(-c2ccccc2)[nH]1. The van der Waals surface area contributed by atoms with Gasteiger partial charge in [-0.25, -0.2) is 4.98 Å². The molecule has 7 heteroatoms. The number of aryl methyl sites for hydroxylation is 1. The largest absolute Gasteiger partial charge is 0.493 e. The van der Waals surface area contributed by atoms with Crippen molar-refractivity contribution in [1.29, 1.82) is 0 Å². The summed E-state index contributed by atoms with van der Waals surface area (Å²) in [5.74, 6) is 2.39. The van der Waals surface area contributed by atoms with Crippen molar-refractivity contribution >= 4 is 5.91 Å². The lowest BCUT2D eigenvalue weighted by Crippen LogP contribution is -2.29. The highest BCUT2D eigenvalue weighted by molar-refractivity contribution is 5.77. The van der Waals surface area contributed by atoms with Crippen LogP contribution in [0.4, 0.5) is 0 Å². The summed E-state index contributed by atoms with van der Waals surface area (Å²) in [5.41, 5.74) is 2.87. The molecule has 0 saturated carbocycles. The van der Waals surface area contributed by atoms with Crippen LogP contribution in [0.5, 0.6) is 17.2 Å². The monoisotopic (exact) mass is 423 g/mol. The lowest BCUT2D eigenvalue weighted by Gasteiger charge is -2.17. The Balaban J connectivity index is 1.66. The maximum absolute atomic E-state index is 12.7. The van der Waals surface area contributed by atoms with Crippen molar-refractivity contribution in [3.05, 3.63) is 60.0 Å². The van der Waals surface area contributed by atoms with E-state index in [4.69, 9.17) is 14.2 Å². The Kier molecular flexibility index (Phi) is 7.54. The topological polar surface area (TPSA) is 85.5 Å². The third-order valence-electron chi connectivity index (χ3n) is 5.16. The summed E-state index contributed by atoms with van der Waals surface area (Å²) in [5, 5.41) is 3.08. The number of carbonyl (C=O) groups is 1. The molecule has 0 saturated heterocycles. The quantitative estimate of drug-likeness (QED) is 0.508. The molecule has 0 fully saturated rings. The molecule has 0 radical (unpaired) electrons. The van der Waals surface area contributed by atoms with Crippen molar-refractivity contribution in [2.45, 2.75) is 32.2 Å². The van der Waals surface area contributed by atoms with Gasteiger partial charge in [0.05, 0.1) is 39.3 Å². The number of nitrogens with one attached hydrogen (secondary N) is 2. The van der Waals surface area contributed by atoms with Gasteiger partial charge in [0.1, 0.15) is 5.82 Å². The first-order valence-electron chi connectivity index (χ1n) is 10.3. The molecule has 1 aromatic heterocycles. The number of hydrogen-bond acceptors (Lipinski definition) is 5. The number of H-pyrrole nitrogens is 1. The molecule has 3 aromatic rings. The van der Waals surface area contributed by atoms with Gasteiger partial charge in [0.25, 0.3) is 0 Å². The lowest BCUT2D eigenvalue weighted by molar-refractivity contribution is -0.121. The van der Waals surface area contributed by atoms with Gasteiger partial charge in [0.2, 0.25) is 11.7 Å². The van der Waals surface area contributed by atoms with Crippen LogP contribution >= 0.6 is 0 Å². The molecular formula is C24H29N3O4. The molecule has 1 heterocycles. The molecule has 2 aromatic carbocycles. The number of imidazole rings is 1. The van der Waals surface area contributed by atoms with Crippen LogP contribution in [0, 0.1) is 0 Å². The number of aromatic amines is 1. The minimum Gasteiger partial charge on any atom is -0.493 e. The third kappa shape index (κ3) is 5.17. The number of aromatic nitrogens is 2. The summed E-state index contributed by atoms with van der Waals surface area (Å²) in [4.78, 5) is 20.5. The molecule has 7 nitrogen and oxygen atoms in total. The van der Waals surface area contributed by atoms with Gasteiger partial charge in [-0.1, -0.05) is 43.3 Å². The van der Waals surface area contributed by atoms with Crippen LogP contribution in [0.3, 0.4) is 0 Å². The van der Waals surface area contributed by atoms with Crippen molar-refractivity contribution in [1.82, 2.24) is 15.3 Å². The maximum atomic E-state index is 12.7. The molecule has 164 valence electrons. The van der Waals surface area contributed by atoms with Crippen molar-refractivity contribution in [3.63, 3.8) is 0 Å². The smallest absolute Gasteiger partial charge is 0.220 e. The van der Waals surface area contributed by atoms with Gasteiger partial charge in [-0.3, -0.25) is 4.79 Å². The van der Waals surface area contributed by atoms with Crippen LogP contribution in [-0.4, -0.2) is 37.2 Å². The molecule has 0 aliphatic heterocycles.